The van der Waals surface area contributed by atoms with Crippen molar-refractivity contribution in [3.05, 3.63) is 70.2 Å². The number of aryl methyl sites for hydroxylation is 1. The molecule has 0 aromatic heterocycles. The Morgan fingerprint density at radius 2 is 1.92 bits per heavy atom. The van der Waals surface area contributed by atoms with Crippen LogP contribution in [-0.4, -0.2) is 66.5 Å². The van der Waals surface area contributed by atoms with Gasteiger partial charge in [0.25, 0.3) is 5.91 Å². The maximum absolute atomic E-state index is 13.8. The minimum absolute atomic E-state index is 0.00272. The molecule has 0 N–H and O–H groups in total. The standard InChI is InChI=1S/C30H38FN3O4/c1-8-30(12-13-32(5)28(35)21-10-11-24(31)19(3)14-21)26-15-20(4)27-22(16-23(37-6)17-25(27)38-7)18-33(26)29(36)34(30)9-2/h10-11,14-17,20H,8-9,12-13,18H2,1-7H3. The molecule has 2 atom stereocenters. The summed E-state index contributed by atoms with van der Waals surface area (Å²) in [6.07, 6.45) is 3.47. The number of likely N-dealkylation sites (N-methyl/N-ethyl adjacent to an activating group) is 1. The lowest BCUT2D eigenvalue weighted by Crippen LogP contribution is -2.48. The van der Waals surface area contributed by atoms with Crippen LogP contribution in [0.5, 0.6) is 11.5 Å². The van der Waals surface area contributed by atoms with E-state index in [9.17, 15) is 14.0 Å². The molecule has 7 nitrogen and oxygen atoms in total. The molecule has 0 bridgehead atoms. The number of fused-ring (bicyclic) bond motifs is 2. The molecule has 3 amide bonds. The quantitative estimate of drug-likeness (QED) is 0.444. The molecule has 1 saturated heterocycles. The van der Waals surface area contributed by atoms with Crippen LogP contribution in [0.15, 0.2) is 42.1 Å². The molecular formula is C30H38FN3O4. The average Bonchev–Trinajstić information content (AvgIpc) is 3.02. The normalized spacial score (nSPS) is 20.5. The van der Waals surface area contributed by atoms with Crippen molar-refractivity contribution in [2.45, 2.75) is 58.5 Å². The van der Waals surface area contributed by atoms with Gasteiger partial charge in [-0.3, -0.25) is 9.69 Å². The summed E-state index contributed by atoms with van der Waals surface area (Å²) in [4.78, 5) is 32.5. The van der Waals surface area contributed by atoms with Crippen molar-refractivity contribution >= 4 is 11.9 Å². The Morgan fingerprint density at radius 1 is 1.18 bits per heavy atom. The van der Waals surface area contributed by atoms with E-state index in [0.717, 1.165) is 22.6 Å². The van der Waals surface area contributed by atoms with Crippen LogP contribution < -0.4 is 9.47 Å². The van der Waals surface area contributed by atoms with Crippen LogP contribution >= 0.6 is 0 Å². The third-order valence-corrected chi connectivity index (χ3v) is 8.11. The highest BCUT2D eigenvalue weighted by Crippen LogP contribution is 2.47. The average molecular weight is 524 g/mol. The number of amides is 3. The van der Waals surface area contributed by atoms with Gasteiger partial charge in [-0.15, -0.1) is 0 Å². The molecule has 0 radical (unpaired) electrons. The van der Waals surface area contributed by atoms with Gasteiger partial charge < -0.3 is 19.3 Å². The van der Waals surface area contributed by atoms with Crippen molar-refractivity contribution in [1.29, 1.82) is 0 Å². The summed E-state index contributed by atoms with van der Waals surface area (Å²) >= 11 is 0. The van der Waals surface area contributed by atoms with E-state index in [2.05, 4.69) is 19.9 Å². The number of urea groups is 1. The lowest BCUT2D eigenvalue weighted by molar-refractivity contribution is 0.0765. The first-order valence-electron chi connectivity index (χ1n) is 13.2. The minimum atomic E-state index is -0.563. The first-order chi connectivity index (χ1) is 18.1. The molecule has 38 heavy (non-hydrogen) atoms. The summed E-state index contributed by atoms with van der Waals surface area (Å²) in [6.45, 7) is 9.27. The smallest absolute Gasteiger partial charge is 0.325 e. The second-order valence-corrected chi connectivity index (χ2v) is 10.2. The number of ether oxygens (including phenoxy) is 2. The Hall–Kier alpha value is -3.55. The SMILES string of the molecule is CCN1C(=O)N2Cc3cc(OC)cc(OC)c3C(C)C=C2C1(CC)CCN(C)C(=O)c1ccc(F)c(C)c1. The minimum Gasteiger partial charge on any atom is -0.497 e. The fraction of sp³-hybridized carbons (Fsp3) is 0.467. The maximum Gasteiger partial charge on any atom is 0.325 e. The summed E-state index contributed by atoms with van der Waals surface area (Å²) in [7, 11) is 5.03. The molecule has 4 rings (SSSR count). The summed E-state index contributed by atoms with van der Waals surface area (Å²) in [5.74, 6) is 0.931. The lowest BCUT2D eigenvalue weighted by Gasteiger charge is -2.38. The molecule has 2 aromatic rings. The van der Waals surface area contributed by atoms with Gasteiger partial charge in [0, 0.05) is 48.9 Å². The summed E-state index contributed by atoms with van der Waals surface area (Å²) < 4.78 is 25.0. The number of hydrogen-bond acceptors (Lipinski definition) is 4. The van der Waals surface area contributed by atoms with E-state index in [0.29, 0.717) is 49.4 Å². The van der Waals surface area contributed by atoms with Gasteiger partial charge in [0.05, 0.1) is 26.3 Å². The number of methoxy groups -OCH3 is 2. The van der Waals surface area contributed by atoms with E-state index in [1.54, 1.807) is 39.2 Å². The van der Waals surface area contributed by atoms with Crippen molar-refractivity contribution in [3.63, 3.8) is 0 Å². The fourth-order valence-electron chi connectivity index (χ4n) is 6.00. The molecule has 2 aliphatic heterocycles. The number of nitrogens with zero attached hydrogens (tertiary/aromatic N) is 3. The predicted molar refractivity (Wildman–Crippen MR) is 145 cm³/mol. The number of rotatable bonds is 8. The molecule has 0 aliphatic carbocycles. The number of hydrogen-bond donors (Lipinski definition) is 0. The monoisotopic (exact) mass is 523 g/mol. The molecule has 204 valence electrons. The van der Waals surface area contributed by atoms with E-state index in [-0.39, 0.29) is 23.7 Å². The van der Waals surface area contributed by atoms with E-state index in [1.807, 2.05) is 28.9 Å². The Bertz CT molecular complexity index is 1280. The molecule has 0 saturated carbocycles. The van der Waals surface area contributed by atoms with E-state index in [4.69, 9.17) is 9.47 Å². The topological polar surface area (TPSA) is 62.3 Å². The van der Waals surface area contributed by atoms with Gasteiger partial charge in [0.1, 0.15) is 17.3 Å². The van der Waals surface area contributed by atoms with Crippen molar-refractivity contribution in [2.75, 3.05) is 34.4 Å². The Kier molecular flexibility index (Phi) is 7.72. The first kappa shape index (κ1) is 27.5. The molecule has 8 heteroatoms. The van der Waals surface area contributed by atoms with Gasteiger partial charge in [-0.05, 0) is 62.1 Å². The maximum atomic E-state index is 13.8. The van der Waals surface area contributed by atoms with Gasteiger partial charge in [0.2, 0.25) is 0 Å². The molecule has 2 heterocycles. The molecule has 2 unspecified atom stereocenters. The van der Waals surface area contributed by atoms with Crippen molar-refractivity contribution in [1.82, 2.24) is 14.7 Å². The Morgan fingerprint density at radius 3 is 2.53 bits per heavy atom. The fourth-order valence-corrected chi connectivity index (χ4v) is 6.00. The van der Waals surface area contributed by atoms with Crippen molar-refractivity contribution in [3.8, 4) is 11.5 Å². The van der Waals surface area contributed by atoms with Crippen molar-refractivity contribution < 1.29 is 23.5 Å². The second-order valence-electron chi connectivity index (χ2n) is 10.2. The van der Waals surface area contributed by atoms with Crippen LogP contribution in [0.2, 0.25) is 0 Å². The number of allylic oxidation sites excluding steroid dienone is 1. The number of carbonyl (C=O) groups is 2. The first-order valence-corrected chi connectivity index (χ1v) is 13.2. The summed E-state index contributed by atoms with van der Waals surface area (Å²) in [5, 5.41) is 0. The van der Waals surface area contributed by atoms with Crippen LogP contribution in [0.25, 0.3) is 0 Å². The van der Waals surface area contributed by atoms with E-state index in [1.165, 1.54) is 12.1 Å². The van der Waals surface area contributed by atoms with Crippen LogP contribution in [0.3, 0.4) is 0 Å². The summed E-state index contributed by atoms with van der Waals surface area (Å²) in [6, 6.07) is 8.26. The van der Waals surface area contributed by atoms with E-state index < -0.39 is 5.54 Å². The molecule has 2 aromatic carbocycles. The number of halogens is 1. The largest absolute Gasteiger partial charge is 0.497 e. The van der Waals surface area contributed by atoms with Gasteiger partial charge >= 0.3 is 6.03 Å². The van der Waals surface area contributed by atoms with Gasteiger partial charge in [-0.2, -0.15) is 0 Å². The van der Waals surface area contributed by atoms with Gasteiger partial charge in [-0.25, -0.2) is 9.18 Å². The predicted octanol–water partition coefficient (Wildman–Crippen LogP) is 5.72. The van der Waals surface area contributed by atoms with Crippen LogP contribution in [-0.2, 0) is 6.54 Å². The van der Waals surface area contributed by atoms with Gasteiger partial charge in [-0.1, -0.05) is 19.9 Å². The molecule has 1 fully saturated rings. The molecule has 2 aliphatic rings. The molecular weight excluding hydrogens is 485 g/mol. The zero-order chi connectivity index (χ0) is 27.8. The second kappa shape index (κ2) is 10.7. The number of carbonyl (C=O) groups excluding carboxylic acids is 2. The number of benzene rings is 2. The highest BCUT2D eigenvalue weighted by molar-refractivity contribution is 5.94. The molecule has 0 spiro atoms. The van der Waals surface area contributed by atoms with Crippen LogP contribution in [0.4, 0.5) is 9.18 Å². The highest BCUT2D eigenvalue weighted by Gasteiger charge is 2.52. The highest BCUT2D eigenvalue weighted by atomic mass is 19.1. The van der Waals surface area contributed by atoms with Crippen LogP contribution in [0.1, 0.15) is 66.6 Å². The third kappa shape index (κ3) is 4.50. The van der Waals surface area contributed by atoms with Crippen LogP contribution in [0, 0.1) is 12.7 Å². The summed E-state index contributed by atoms with van der Waals surface area (Å²) in [5.41, 5.74) is 3.34. The van der Waals surface area contributed by atoms with Crippen molar-refractivity contribution in [2.24, 2.45) is 0 Å². The third-order valence-electron chi connectivity index (χ3n) is 8.11. The Balaban J connectivity index is 1.69. The zero-order valence-electron chi connectivity index (χ0n) is 23.4. The van der Waals surface area contributed by atoms with Gasteiger partial charge in [0.15, 0.2) is 0 Å². The lowest BCUT2D eigenvalue weighted by atomic mass is 9.85. The van der Waals surface area contributed by atoms with E-state index >= 15 is 0 Å². The zero-order valence-corrected chi connectivity index (χ0v) is 23.4. The Labute approximate surface area is 224 Å².